The number of carbonyl (C=O) groups excluding carboxylic acids is 2. The lowest BCUT2D eigenvalue weighted by Gasteiger charge is -2.39. The quantitative estimate of drug-likeness (QED) is 0.520. The van der Waals surface area contributed by atoms with Gasteiger partial charge in [-0.1, -0.05) is 18.2 Å². The molecule has 0 bridgehead atoms. The van der Waals surface area contributed by atoms with Crippen LogP contribution in [0.5, 0.6) is 0 Å². The van der Waals surface area contributed by atoms with Crippen LogP contribution in [0.3, 0.4) is 0 Å². The largest absolute Gasteiger partial charge is 0.348 e. The molecule has 162 valence electrons. The summed E-state index contributed by atoms with van der Waals surface area (Å²) in [5.41, 5.74) is 4.54. The van der Waals surface area contributed by atoms with Gasteiger partial charge in [0.05, 0.1) is 11.6 Å². The average molecular weight is 435 g/mol. The predicted octanol–water partition coefficient (Wildman–Crippen LogP) is 3.38. The van der Waals surface area contributed by atoms with Crippen molar-refractivity contribution in [3.05, 3.63) is 107 Å². The first-order valence-corrected chi connectivity index (χ1v) is 10.7. The summed E-state index contributed by atoms with van der Waals surface area (Å²) in [7, 11) is 0. The van der Waals surface area contributed by atoms with Gasteiger partial charge >= 0.3 is 0 Å². The number of amides is 2. The molecule has 2 aromatic heterocycles. The van der Waals surface area contributed by atoms with Gasteiger partial charge in [-0.25, -0.2) is 4.98 Å². The first kappa shape index (κ1) is 20.5. The minimum Gasteiger partial charge on any atom is -0.348 e. The van der Waals surface area contributed by atoms with Crippen LogP contribution >= 0.6 is 0 Å². The number of hydrogen-bond donors (Lipinski definition) is 1. The second-order valence-corrected chi connectivity index (χ2v) is 8.13. The number of rotatable bonds is 5. The second kappa shape index (κ2) is 8.60. The van der Waals surface area contributed by atoms with E-state index in [9.17, 15) is 9.59 Å². The molecule has 0 aliphatic carbocycles. The van der Waals surface area contributed by atoms with Crippen molar-refractivity contribution >= 4 is 17.5 Å². The summed E-state index contributed by atoms with van der Waals surface area (Å²) in [5.74, 6) is 0.0481. The Hall–Kier alpha value is -4.44. The van der Waals surface area contributed by atoms with Gasteiger partial charge in [0, 0.05) is 55.3 Å². The van der Waals surface area contributed by atoms with Crippen molar-refractivity contribution in [2.75, 3.05) is 13.1 Å². The van der Waals surface area contributed by atoms with Crippen LogP contribution in [0, 0.1) is 11.3 Å². The smallest absolute Gasteiger partial charge is 0.253 e. The van der Waals surface area contributed by atoms with Crippen molar-refractivity contribution in [2.45, 2.75) is 12.5 Å². The Bertz CT molecular complexity index is 1380. The van der Waals surface area contributed by atoms with Crippen LogP contribution in [-0.4, -0.2) is 39.2 Å². The molecule has 0 atom stereocenters. The van der Waals surface area contributed by atoms with Gasteiger partial charge in [-0.2, -0.15) is 5.26 Å². The Morgan fingerprint density at radius 2 is 1.85 bits per heavy atom. The van der Waals surface area contributed by atoms with Gasteiger partial charge in [0.15, 0.2) is 0 Å². The van der Waals surface area contributed by atoms with Crippen molar-refractivity contribution in [2.24, 2.45) is 0 Å². The SMILES string of the molecule is N#Cc1cccc(C(=O)N2CC(c3ccc(C(=O)NCc4ccn5ccnc5c4)cc3)C2)c1. The fourth-order valence-electron chi connectivity index (χ4n) is 4.01. The van der Waals surface area contributed by atoms with Crippen molar-refractivity contribution in [3.63, 3.8) is 0 Å². The van der Waals surface area contributed by atoms with Crippen molar-refractivity contribution in [3.8, 4) is 6.07 Å². The number of nitriles is 1. The molecule has 2 amide bonds. The van der Waals surface area contributed by atoms with E-state index in [1.807, 2.05) is 53.2 Å². The maximum atomic E-state index is 12.6. The standard InChI is InChI=1S/C26H21N5O2/c27-14-18-2-1-3-22(12-18)26(33)31-16-23(17-31)20-4-6-21(7-5-20)25(32)29-15-19-8-10-30-11-9-28-24(30)13-19/h1-13,23H,15-17H2,(H,29,32). The van der Waals surface area contributed by atoms with Gasteiger partial charge < -0.3 is 14.6 Å². The van der Waals surface area contributed by atoms with E-state index in [0.717, 1.165) is 16.8 Å². The molecule has 1 N–H and O–H groups in total. The van der Waals surface area contributed by atoms with E-state index in [1.165, 1.54) is 0 Å². The third-order valence-corrected chi connectivity index (χ3v) is 5.97. The van der Waals surface area contributed by atoms with Crippen molar-refractivity contribution in [1.29, 1.82) is 5.26 Å². The maximum absolute atomic E-state index is 12.6. The fraction of sp³-hybridized carbons (Fsp3) is 0.154. The minimum atomic E-state index is -0.132. The zero-order valence-electron chi connectivity index (χ0n) is 17.8. The molecule has 0 spiro atoms. The molecular weight excluding hydrogens is 414 g/mol. The highest BCUT2D eigenvalue weighted by molar-refractivity contribution is 5.95. The van der Waals surface area contributed by atoms with Gasteiger partial charge in [-0.3, -0.25) is 9.59 Å². The van der Waals surface area contributed by atoms with Crippen LogP contribution in [-0.2, 0) is 6.54 Å². The maximum Gasteiger partial charge on any atom is 0.253 e. The van der Waals surface area contributed by atoms with Crippen molar-refractivity contribution < 1.29 is 9.59 Å². The Morgan fingerprint density at radius 3 is 2.64 bits per heavy atom. The van der Waals surface area contributed by atoms with Crippen LogP contribution in [0.2, 0.25) is 0 Å². The molecule has 7 heteroatoms. The first-order valence-electron chi connectivity index (χ1n) is 10.7. The van der Waals surface area contributed by atoms with Crippen LogP contribution in [0.1, 0.15) is 43.3 Å². The van der Waals surface area contributed by atoms with Gasteiger partial charge in [0.2, 0.25) is 0 Å². The number of imidazole rings is 1. The number of fused-ring (bicyclic) bond motifs is 1. The average Bonchev–Trinajstić information content (AvgIpc) is 3.30. The highest BCUT2D eigenvalue weighted by atomic mass is 16.2. The third-order valence-electron chi connectivity index (χ3n) is 5.97. The third kappa shape index (κ3) is 4.19. The fourth-order valence-corrected chi connectivity index (χ4v) is 4.01. The lowest BCUT2D eigenvalue weighted by Crippen LogP contribution is -2.48. The first-order chi connectivity index (χ1) is 16.1. The highest BCUT2D eigenvalue weighted by Gasteiger charge is 2.32. The van der Waals surface area contributed by atoms with E-state index < -0.39 is 0 Å². The van der Waals surface area contributed by atoms with Crippen LogP contribution in [0.25, 0.3) is 5.65 Å². The molecule has 7 nitrogen and oxygen atoms in total. The molecule has 2 aromatic carbocycles. The normalized spacial score (nSPS) is 13.4. The Morgan fingerprint density at radius 1 is 1.03 bits per heavy atom. The minimum absolute atomic E-state index is 0.0621. The molecule has 0 saturated carbocycles. The number of pyridine rings is 1. The summed E-state index contributed by atoms with van der Waals surface area (Å²) in [6.07, 6.45) is 5.54. The lowest BCUT2D eigenvalue weighted by molar-refractivity contribution is 0.0602. The molecule has 5 rings (SSSR count). The summed E-state index contributed by atoms with van der Waals surface area (Å²) < 4.78 is 1.92. The van der Waals surface area contributed by atoms with E-state index in [0.29, 0.717) is 36.3 Å². The zero-order valence-corrected chi connectivity index (χ0v) is 17.8. The van der Waals surface area contributed by atoms with E-state index in [-0.39, 0.29) is 17.7 Å². The number of hydrogen-bond acceptors (Lipinski definition) is 4. The Balaban J connectivity index is 1.15. The van der Waals surface area contributed by atoms with E-state index in [1.54, 1.807) is 35.4 Å². The molecular formula is C26H21N5O2. The Kier molecular flexibility index (Phi) is 5.33. The molecule has 3 heterocycles. The highest BCUT2D eigenvalue weighted by Crippen LogP contribution is 2.28. The van der Waals surface area contributed by atoms with E-state index >= 15 is 0 Å². The molecule has 1 saturated heterocycles. The van der Waals surface area contributed by atoms with Crippen molar-refractivity contribution in [1.82, 2.24) is 19.6 Å². The summed E-state index contributed by atoms with van der Waals surface area (Å²) in [4.78, 5) is 31.2. The zero-order chi connectivity index (χ0) is 22.8. The molecule has 1 aliphatic rings. The molecule has 1 aliphatic heterocycles. The summed E-state index contributed by atoms with van der Waals surface area (Å²) in [6, 6.07) is 20.3. The van der Waals surface area contributed by atoms with E-state index in [2.05, 4.69) is 16.4 Å². The number of aromatic nitrogens is 2. The van der Waals surface area contributed by atoms with Crippen LogP contribution in [0.4, 0.5) is 0 Å². The molecule has 0 unspecified atom stereocenters. The summed E-state index contributed by atoms with van der Waals surface area (Å²) in [5, 5.41) is 12.0. The topological polar surface area (TPSA) is 90.5 Å². The van der Waals surface area contributed by atoms with Gasteiger partial charge in [-0.05, 0) is 53.6 Å². The monoisotopic (exact) mass is 435 g/mol. The van der Waals surface area contributed by atoms with Gasteiger partial charge in [-0.15, -0.1) is 0 Å². The van der Waals surface area contributed by atoms with Crippen LogP contribution in [0.15, 0.2) is 79.3 Å². The molecule has 0 radical (unpaired) electrons. The van der Waals surface area contributed by atoms with Gasteiger partial charge in [0.1, 0.15) is 5.65 Å². The van der Waals surface area contributed by atoms with Crippen LogP contribution < -0.4 is 5.32 Å². The second-order valence-electron chi connectivity index (χ2n) is 8.13. The Labute approximate surface area is 190 Å². The molecule has 1 fully saturated rings. The number of benzene rings is 2. The lowest BCUT2D eigenvalue weighted by atomic mass is 9.90. The molecule has 4 aromatic rings. The summed E-state index contributed by atoms with van der Waals surface area (Å²) in [6.45, 7) is 1.67. The number of carbonyl (C=O) groups is 2. The van der Waals surface area contributed by atoms with Gasteiger partial charge in [0.25, 0.3) is 11.8 Å². The molecule has 33 heavy (non-hydrogen) atoms. The number of likely N-dealkylation sites (tertiary alicyclic amines) is 1. The number of nitrogens with one attached hydrogen (secondary N) is 1. The number of nitrogens with zero attached hydrogens (tertiary/aromatic N) is 4. The van der Waals surface area contributed by atoms with E-state index in [4.69, 9.17) is 5.26 Å². The predicted molar refractivity (Wildman–Crippen MR) is 123 cm³/mol. The summed E-state index contributed by atoms with van der Waals surface area (Å²) >= 11 is 0.